The van der Waals surface area contributed by atoms with Crippen LogP contribution in [-0.4, -0.2) is 55.4 Å². The second-order valence-electron chi connectivity index (χ2n) is 9.91. The summed E-state index contributed by atoms with van der Waals surface area (Å²) in [5.41, 5.74) is 4.72. The Balaban J connectivity index is 1.39. The number of nitrogens with one attached hydrogen (secondary N) is 2. The molecule has 1 aliphatic heterocycles. The second-order valence-corrected chi connectivity index (χ2v) is 11.6. The van der Waals surface area contributed by atoms with E-state index < -0.39 is 10.0 Å². The third-order valence-corrected chi connectivity index (χ3v) is 8.44. The van der Waals surface area contributed by atoms with Crippen molar-refractivity contribution < 1.29 is 18.3 Å². The van der Waals surface area contributed by atoms with E-state index in [-0.39, 0.29) is 10.8 Å². The van der Waals surface area contributed by atoms with Crippen molar-refractivity contribution in [1.29, 1.82) is 0 Å². The fourth-order valence-electron chi connectivity index (χ4n) is 4.97. The van der Waals surface area contributed by atoms with Crippen molar-refractivity contribution in [3.05, 3.63) is 120 Å². The number of hydrogen-bond acceptors (Lipinski definition) is 6. The Hall–Kier alpha value is -4.44. The van der Waals surface area contributed by atoms with Gasteiger partial charge in [0, 0.05) is 41.8 Å². The molecule has 3 N–H and O–H groups in total. The summed E-state index contributed by atoms with van der Waals surface area (Å²) >= 11 is 0. The van der Waals surface area contributed by atoms with E-state index in [9.17, 15) is 13.5 Å². The van der Waals surface area contributed by atoms with Gasteiger partial charge in [0.1, 0.15) is 0 Å². The van der Waals surface area contributed by atoms with Gasteiger partial charge in [-0.2, -0.15) is 0 Å². The van der Waals surface area contributed by atoms with E-state index in [1.807, 2.05) is 48.5 Å². The number of morpholine rings is 1. The van der Waals surface area contributed by atoms with Crippen LogP contribution in [0.25, 0.3) is 10.9 Å². The standard InChI is InChI=1S/C32H30N4O4S/c37-32-30(28-21-27(15-16-29(28)34-32)41(38,39)35-26-9-5-2-6-10-26)31(24-7-3-1-4-8-24)33-25-13-11-23(12-14-25)22-36-17-19-40-20-18-36/h1-16,21,34-35,37H,17-20,22H2. The maximum Gasteiger partial charge on any atom is 0.261 e. The van der Waals surface area contributed by atoms with Crippen molar-refractivity contribution in [1.82, 2.24) is 9.88 Å². The number of para-hydroxylation sites is 1. The van der Waals surface area contributed by atoms with Gasteiger partial charge in [-0.1, -0.05) is 60.7 Å². The molecule has 1 saturated heterocycles. The maximum absolute atomic E-state index is 13.2. The number of nitrogens with zero attached hydrogens (tertiary/aromatic N) is 2. The SMILES string of the molecule is O=S(=O)(Nc1ccccc1)c1ccc2[nH]c(O)c(C(=Nc3ccc(CN4CCOCC4)cc3)c3ccccc3)c2c1. The molecule has 2 heterocycles. The Morgan fingerprint density at radius 1 is 0.902 bits per heavy atom. The first-order valence-electron chi connectivity index (χ1n) is 13.4. The molecule has 0 bridgehead atoms. The molecular weight excluding hydrogens is 536 g/mol. The van der Waals surface area contributed by atoms with Gasteiger partial charge in [0.05, 0.1) is 35.1 Å². The number of ether oxygens (including phenoxy) is 1. The Bertz CT molecular complexity index is 1780. The largest absolute Gasteiger partial charge is 0.494 e. The molecule has 41 heavy (non-hydrogen) atoms. The number of fused-ring (bicyclic) bond motifs is 1. The van der Waals surface area contributed by atoms with Crippen molar-refractivity contribution >= 4 is 38.0 Å². The summed E-state index contributed by atoms with van der Waals surface area (Å²) in [6, 6.07) is 31.1. The van der Waals surface area contributed by atoms with E-state index in [2.05, 4.69) is 26.7 Å². The summed E-state index contributed by atoms with van der Waals surface area (Å²) in [7, 11) is -3.88. The molecule has 208 valence electrons. The van der Waals surface area contributed by atoms with E-state index in [0.29, 0.717) is 27.9 Å². The van der Waals surface area contributed by atoms with Crippen LogP contribution in [0.5, 0.6) is 5.88 Å². The molecule has 6 rings (SSSR count). The van der Waals surface area contributed by atoms with Crippen LogP contribution >= 0.6 is 0 Å². The van der Waals surface area contributed by atoms with Crippen LogP contribution < -0.4 is 4.72 Å². The predicted octanol–water partition coefficient (Wildman–Crippen LogP) is 5.68. The predicted molar refractivity (Wildman–Crippen MR) is 161 cm³/mol. The first-order valence-corrected chi connectivity index (χ1v) is 14.9. The zero-order valence-corrected chi connectivity index (χ0v) is 23.1. The molecule has 8 nitrogen and oxygen atoms in total. The van der Waals surface area contributed by atoms with Gasteiger partial charge in [0.2, 0.25) is 0 Å². The van der Waals surface area contributed by atoms with E-state index in [0.717, 1.165) is 44.1 Å². The van der Waals surface area contributed by atoms with Crippen LogP contribution in [0, 0.1) is 0 Å². The van der Waals surface area contributed by atoms with Gasteiger partial charge in [0.15, 0.2) is 5.88 Å². The summed E-state index contributed by atoms with van der Waals surface area (Å²) in [6.07, 6.45) is 0. The highest BCUT2D eigenvalue weighted by molar-refractivity contribution is 7.92. The third-order valence-electron chi connectivity index (χ3n) is 7.06. The average Bonchev–Trinajstić information content (AvgIpc) is 3.33. The Morgan fingerprint density at radius 2 is 1.59 bits per heavy atom. The van der Waals surface area contributed by atoms with Crippen LogP contribution in [0.1, 0.15) is 16.7 Å². The monoisotopic (exact) mass is 566 g/mol. The van der Waals surface area contributed by atoms with Gasteiger partial charge >= 0.3 is 0 Å². The van der Waals surface area contributed by atoms with Crippen LogP contribution in [0.4, 0.5) is 11.4 Å². The maximum atomic E-state index is 13.2. The molecule has 5 aromatic rings. The Kier molecular flexibility index (Phi) is 7.56. The number of aliphatic imine (C=N–C) groups is 1. The molecule has 1 fully saturated rings. The number of aromatic amines is 1. The Labute approximate surface area is 239 Å². The number of H-pyrrole nitrogens is 1. The molecule has 0 aliphatic carbocycles. The number of benzene rings is 4. The molecule has 0 saturated carbocycles. The molecular formula is C32H30N4O4S. The van der Waals surface area contributed by atoms with Gasteiger partial charge in [0.25, 0.3) is 10.0 Å². The lowest BCUT2D eigenvalue weighted by atomic mass is 10.0. The minimum absolute atomic E-state index is 0.0778. The number of aromatic nitrogens is 1. The lowest BCUT2D eigenvalue weighted by Gasteiger charge is -2.26. The fourth-order valence-corrected chi connectivity index (χ4v) is 6.05. The van der Waals surface area contributed by atoms with Crippen molar-refractivity contribution in [2.75, 3.05) is 31.0 Å². The first-order chi connectivity index (χ1) is 20.0. The number of anilines is 1. The first kappa shape index (κ1) is 26.8. The zero-order chi connectivity index (χ0) is 28.2. The van der Waals surface area contributed by atoms with Crippen molar-refractivity contribution in [2.45, 2.75) is 11.4 Å². The average molecular weight is 567 g/mol. The molecule has 4 aromatic carbocycles. The number of sulfonamides is 1. The molecule has 1 aromatic heterocycles. The lowest BCUT2D eigenvalue weighted by Crippen LogP contribution is -2.35. The second kappa shape index (κ2) is 11.6. The number of hydrogen-bond donors (Lipinski definition) is 3. The fraction of sp³-hybridized carbons (Fsp3) is 0.156. The minimum atomic E-state index is -3.88. The molecule has 0 unspecified atom stereocenters. The van der Waals surface area contributed by atoms with Gasteiger partial charge in [-0.05, 0) is 48.0 Å². The van der Waals surface area contributed by atoms with Gasteiger partial charge in [-0.25, -0.2) is 13.4 Å². The molecule has 9 heteroatoms. The normalized spacial score (nSPS) is 14.8. The molecule has 1 aliphatic rings. The topological polar surface area (TPSA) is 107 Å². The van der Waals surface area contributed by atoms with E-state index >= 15 is 0 Å². The van der Waals surface area contributed by atoms with Crippen molar-refractivity contribution in [2.24, 2.45) is 4.99 Å². The zero-order valence-electron chi connectivity index (χ0n) is 22.3. The summed E-state index contributed by atoms with van der Waals surface area (Å²) < 4.78 is 34.6. The lowest BCUT2D eigenvalue weighted by molar-refractivity contribution is 0.0342. The van der Waals surface area contributed by atoms with E-state index in [1.54, 1.807) is 36.4 Å². The van der Waals surface area contributed by atoms with Gasteiger partial charge in [-0.3, -0.25) is 9.62 Å². The number of rotatable bonds is 8. The van der Waals surface area contributed by atoms with Crippen LogP contribution in [0.3, 0.4) is 0 Å². The summed E-state index contributed by atoms with van der Waals surface area (Å²) in [6.45, 7) is 4.17. The van der Waals surface area contributed by atoms with Gasteiger partial charge < -0.3 is 14.8 Å². The molecule has 0 radical (unpaired) electrons. The quantitative estimate of drug-likeness (QED) is 0.210. The minimum Gasteiger partial charge on any atom is -0.494 e. The van der Waals surface area contributed by atoms with Crippen LogP contribution in [-0.2, 0) is 21.3 Å². The highest BCUT2D eigenvalue weighted by Gasteiger charge is 2.22. The van der Waals surface area contributed by atoms with Gasteiger partial charge in [-0.15, -0.1) is 0 Å². The van der Waals surface area contributed by atoms with Crippen molar-refractivity contribution in [3.8, 4) is 5.88 Å². The van der Waals surface area contributed by atoms with E-state index in [4.69, 9.17) is 9.73 Å². The molecule has 0 spiro atoms. The highest BCUT2D eigenvalue weighted by atomic mass is 32.2. The third kappa shape index (κ3) is 6.02. The highest BCUT2D eigenvalue weighted by Crippen LogP contribution is 2.33. The summed E-state index contributed by atoms with van der Waals surface area (Å²) in [5, 5.41) is 11.6. The van der Waals surface area contributed by atoms with E-state index in [1.165, 1.54) is 11.6 Å². The molecule has 0 atom stereocenters. The smallest absolute Gasteiger partial charge is 0.261 e. The summed E-state index contributed by atoms with van der Waals surface area (Å²) in [4.78, 5) is 10.4. The molecule has 0 amide bonds. The summed E-state index contributed by atoms with van der Waals surface area (Å²) in [5.74, 6) is -0.0860. The number of aromatic hydroxyl groups is 1. The van der Waals surface area contributed by atoms with Crippen molar-refractivity contribution in [3.63, 3.8) is 0 Å². The van der Waals surface area contributed by atoms with Crippen LogP contribution in [0.2, 0.25) is 0 Å². The Morgan fingerprint density at radius 3 is 2.29 bits per heavy atom. The van der Waals surface area contributed by atoms with Crippen LogP contribution in [0.15, 0.2) is 113 Å².